The van der Waals surface area contributed by atoms with Crippen molar-refractivity contribution in [2.45, 2.75) is 25.3 Å². The fraction of sp³-hybridized carbons (Fsp3) is 0.800. The van der Waals surface area contributed by atoms with Crippen LogP contribution in [0.5, 0.6) is 0 Å². The van der Waals surface area contributed by atoms with Crippen molar-refractivity contribution < 1.29 is 10.0 Å². The van der Waals surface area contributed by atoms with Crippen LogP contribution in [0.3, 0.4) is 0 Å². The Morgan fingerprint density at radius 1 is 1.53 bits per heavy atom. The maximum absolute atomic E-state index is 11.6. The van der Waals surface area contributed by atoms with Crippen LogP contribution >= 0.6 is 0 Å². The van der Waals surface area contributed by atoms with E-state index in [-0.39, 0.29) is 11.9 Å². The van der Waals surface area contributed by atoms with Crippen LogP contribution in [0, 0.1) is 0 Å². The van der Waals surface area contributed by atoms with E-state index in [1.165, 1.54) is 0 Å². The van der Waals surface area contributed by atoms with Gasteiger partial charge in [0.2, 0.25) is 0 Å². The molecule has 7 heteroatoms. The minimum atomic E-state index is -0.736. The van der Waals surface area contributed by atoms with Crippen molar-refractivity contribution in [3.63, 3.8) is 0 Å². The van der Waals surface area contributed by atoms with E-state index in [2.05, 4.69) is 20.7 Å². The molecule has 17 heavy (non-hydrogen) atoms. The van der Waals surface area contributed by atoms with Crippen molar-refractivity contribution in [1.82, 2.24) is 15.5 Å². The molecule has 98 valence electrons. The third kappa shape index (κ3) is 3.23. The molecule has 0 spiro atoms. The molecule has 1 saturated heterocycles. The molecule has 0 aromatic rings. The number of hydrogen-bond donors (Lipinski definition) is 4. The van der Waals surface area contributed by atoms with Crippen LogP contribution in [-0.4, -0.2) is 54.2 Å². The van der Waals surface area contributed by atoms with Gasteiger partial charge in [-0.25, -0.2) is 4.79 Å². The number of piperidine rings is 1. The SMILES string of the molecule is CCNC(=O)NC1(/C(N)=N/O)CCN(C)CC1. The fourth-order valence-electron chi connectivity index (χ4n) is 1.96. The first-order chi connectivity index (χ1) is 8.04. The van der Waals surface area contributed by atoms with Gasteiger partial charge in [0, 0.05) is 19.6 Å². The third-order valence-electron chi connectivity index (χ3n) is 3.13. The Bertz CT molecular complexity index is 297. The number of carbonyl (C=O) groups is 1. The molecule has 0 aliphatic carbocycles. The smallest absolute Gasteiger partial charge is 0.315 e. The van der Waals surface area contributed by atoms with Crippen LogP contribution in [0.4, 0.5) is 4.79 Å². The summed E-state index contributed by atoms with van der Waals surface area (Å²) in [6, 6.07) is -0.288. The largest absolute Gasteiger partial charge is 0.409 e. The third-order valence-corrected chi connectivity index (χ3v) is 3.13. The average molecular weight is 243 g/mol. The van der Waals surface area contributed by atoms with E-state index in [0.717, 1.165) is 13.1 Å². The first kappa shape index (κ1) is 13.6. The van der Waals surface area contributed by atoms with Gasteiger partial charge in [0.15, 0.2) is 5.84 Å². The van der Waals surface area contributed by atoms with E-state index in [1.54, 1.807) is 0 Å². The van der Waals surface area contributed by atoms with E-state index in [1.807, 2.05) is 14.0 Å². The molecule has 0 saturated carbocycles. The van der Waals surface area contributed by atoms with Crippen molar-refractivity contribution in [3.8, 4) is 0 Å². The van der Waals surface area contributed by atoms with E-state index in [0.29, 0.717) is 19.4 Å². The number of oxime groups is 1. The Morgan fingerprint density at radius 3 is 2.59 bits per heavy atom. The van der Waals surface area contributed by atoms with Crippen LogP contribution in [0.1, 0.15) is 19.8 Å². The van der Waals surface area contributed by atoms with Crippen molar-refractivity contribution in [1.29, 1.82) is 0 Å². The van der Waals surface area contributed by atoms with Crippen LogP contribution in [0.2, 0.25) is 0 Å². The number of hydrogen-bond acceptors (Lipinski definition) is 4. The number of urea groups is 1. The number of carbonyl (C=O) groups excluding carboxylic acids is 1. The molecule has 1 aliphatic heterocycles. The summed E-state index contributed by atoms with van der Waals surface area (Å²) >= 11 is 0. The van der Waals surface area contributed by atoms with Gasteiger partial charge in [0.05, 0.1) is 0 Å². The van der Waals surface area contributed by atoms with E-state index >= 15 is 0 Å². The molecule has 1 heterocycles. The van der Waals surface area contributed by atoms with Gasteiger partial charge in [-0.2, -0.15) is 0 Å². The second-order valence-corrected chi connectivity index (χ2v) is 4.36. The Hall–Kier alpha value is -1.50. The number of nitrogens with zero attached hydrogens (tertiary/aromatic N) is 2. The fourth-order valence-corrected chi connectivity index (χ4v) is 1.96. The maximum atomic E-state index is 11.6. The number of nitrogens with one attached hydrogen (secondary N) is 2. The topological polar surface area (TPSA) is 103 Å². The Balaban J connectivity index is 2.77. The van der Waals surface area contributed by atoms with Crippen molar-refractivity contribution in [2.24, 2.45) is 10.9 Å². The lowest BCUT2D eigenvalue weighted by Crippen LogP contribution is -2.63. The quantitative estimate of drug-likeness (QED) is 0.232. The molecule has 1 aliphatic rings. The van der Waals surface area contributed by atoms with Gasteiger partial charge in [-0.05, 0) is 26.8 Å². The highest BCUT2D eigenvalue weighted by Crippen LogP contribution is 2.21. The molecule has 2 amide bonds. The molecule has 1 rings (SSSR count). The number of rotatable bonds is 3. The van der Waals surface area contributed by atoms with Gasteiger partial charge in [0.1, 0.15) is 5.54 Å². The number of amides is 2. The molecule has 7 nitrogen and oxygen atoms in total. The van der Waals surface area contributed by atoms with Gasteiger partial charge in [-0.1, -0.05) is 5.16 Å². The summed E-state index contributed by atoms with van der Waals surface area (Å²) in [7, 11) is 2.00. The zero-order valence-electron chi connectivity index (χ0n) is 10.4. The summed E-state index contributed by atoms with van der Waals surface area (Å²) < 4.78 is 0. The van der Waals surface area contributed by atoms with Crippen molar-refractivity contribution >= 4 is 11.9 Å². The molecule has 1 fully saturated rings. The van der Waals surface area contributed by atoms with Gasteiger partial charge in [-0.15, -0.1) is 0 Å². The molecule has 0 atom stereocenters. The lowest BCUT2D eigenvalue weighted by Gasteiger charge is -2.40. The van der Waals surface area contributed by atoms with Gasteiger partial charge >= 0.3 is 6.03 Å². The number of likely N-dealkylation sites (tertiary alicyclic amines) is 1. The van der Waals surface area contributed by atoms with Gasteiger partial charge in [0.25, 0.3) is 0 Å². The Labute approximate surface area is 101 Å². The molecule has 0 aromatic heterocycles. The highest BCUT2D eigenvalue weighted by atomic mass is 16.4. The zero-order chi connectivity index (χ0) is 12.9. The second kappa shape index (κ2) is 5.72. The first-order valence-corrected chi connectivity index (χ1v) is 5.76. The summed E-state index contributed by atoms with van der Waals surface area (Å²) in [6.45, 7) is 3.97. The maximum Gasteiger partial charge on any atom is 0.315 e. The number of amidine groups is 1. The molecule has 0 aromatic carbocycles. The summed E-state index contributed by atoms with van der Waals surface area (Å²) in [4.78, 5) is 13.7. The highest BCUT2D eigenvalue weighted by Gasteiger charge is 2.39. The number of nitrogens with two attached hydrogens (primary N) is 1. The Kier molecular flexibility index (Phi) is 4.56. The molecule has 5 N–H and O–H groups in total. The standard InChI is InChI=1S/C10H21N5O2/c1-3-12-9(16)13-10(8(11)14-17)4-6-15(2)7-5-10/h17H,3-7H2,1-2H3,(H2,11,14)(H2,12,13,16). The van der Waals surface area contributed by atoms with E-state index in [4.69, 9.17) is 10.9 Å². The van der Waals surface area contributed by atoms with Crippen LogP contribution in [0.25, 0.3) is 0 Å². The lowest BCUT2D eigenvalue weighted by molar-refractivity contribution is 0.189. The van der Waals surface area contributed by atoms with E-state index in [9.17, 15) is 4.79 Å². The van der Waals surface area contributed by atoms with Crippen molar-refractivity contribution in [2.75, 3.05) is 26.7 Å². The molecular formula is C10H21N5O2. The normalized spacial score (nSPS) is 20.9. The minimum absolute atomic E-state index is 0.0665. The van der Waals surface area contributed by atoms with E-state index < -0.39 is 5.54 Å². The van der Waals surface area contributed by atoms with Crippen LogP contribution in [-0.2, 0) is 0 Å². The second-order valence-electron chi connectivity index (χ2n) is 4.36. The average Bonchev–Trinajstić information content (AvgIpc) is 2.31. The monoisotopic (exact) mass is 243 g/mol. The van der Waals surface area contributed by atoms with Crippen molar-refractivity contribution in [3.05, 3.63) is 0 Å². The van der Waals surface area contributed by atoms with Crippen LogP contribution in [0.15, 0.2) is 5.16 Å². The summed E-state index contributed by atoms with van der Waals surface area (Å²) in [5, 5.41) is 17.4. The zero-order valence-corrected chi connectivity index (χ0v) is 10.4. The summed E-state index contributed by atoms with van der Waals surface area (Å²) in [5.74, 6) is 0.0665. The predicted molar refractivity (Wildman–Crippen MR) is 65.1 cm³/mol. The molecule has 0 bridgehead atoms. The summed E-state index contributed by atoms with van der Waals surface area (Å²) in [6.07, 6.45) is 1.27. The lowest BCUT2D eigenvalue weighted by atomic mass is 9.86. The van der Waals surface area contributed by atoms with Gasteiger partial charge < -0.3 is 26.5 Å². The predicted octanol–water partition coefficient (Wildman–Crippen LogP) is -0.484. The molecule has 0 unspecified atom stereocenters. The summed E-state index contributed by atoms with van der Waals surface area (Å²) in [5.41, 5.74) is 4.98. The highest BCUT2D eigenvalue weighted by molar-refractivity contribution is 5.93. The Morgan fingerprint density at radius 2 is 2.12 bits per heavy atom. The molecule has 0 radical (unpaired) electrons. The molecular weight excluding hydrogens is 222 g/mol. The van der Waals surface area contributed by atoms with Crippen LogP contribution < -0.4 is 16.4 Å². The minimum Gasteiger partial charge on any atom is -0.409 e. The van der Waals surface area contributed by atoms with Gasteiger partial charge in [-0.3, -0.25) is 0 Å². The first-order valence-electron chi connectivity index (χ1n) is 5.76.